The minimum absolute atomic E-state index is 0.0334. The lowest BCUT2D eigenvalue weighted by Gasteiger charge is -2.11. The molecule has 0 unspecified atom stereocenters. The molecule has 0 fully saturated rings. The minimum atomic E-state index is -4.97. The molecule has 0 amide bonds. The number of hydrogen-bond donors (Lipinski definition) is 0. The third kappa shape index (κ3) is 3.22. The van der Waals surface area contributed by atoms with Gasteiger partial charge in [-0.05, 0) is 12.1 Å². The lowest BCUT2D eigenvalue weighted by Crippen LogP contribution is -2.11. The summed E-state index contributed by atoms with van der Waals surface area (Å²) in [5, 5.41) is -0.204. The van der Waals surface area contributed by atoms with Gasteiger partial charge in [0.05, 0.1) is 20.6 Å². The van der Waals surface area contributed by atoms with Crippen molar-refractivity contribution in [1.29, 1.82) is 0 Å². The van der Waals surface area contributed by atoms with Crippen LogP contribution in [0.25, 0.3) is 11.1 Å². The van der Waals surface area contributed by atoms with Crippen LogP contribution in [0.2, 0.25) is 15.1 Å². The van der Waals surface area contributed by atoms with Gasteiger partial charge in [-0.3, -0.25) is 0 Å². The maximum absolute atomic E-state index is 13.8. The lowest BCUT2D eigenvalue weighted by atomic mass is 10.1. The van der Waals surface area contributed by atoms with Crippen molar-refractivity contribution in [3.8, 4) is 11.1 Å². The van der Waals surface area contributed by atoms with Crippen molar-refractivity contribution in [2.45, 2.75) is 6.18 Å². The number of pyridine rings is 1. The Morgan fingerprint density at radius 3 is 1.95 bits per heavy atom. The Morgan fingerprint density at radius 1 is 0.857 bits per heavy atom. The number of halogens is 8. The van der Waals surface area contributed by atoms with Gasteiger partial charge in [-0.1, -0.05) is 34.8 Å². The number of nitrogens with zero attached hydrogens (tertiary/aromatic N) is 1. The first kappa shape index (κ1) is 16.3. The van der Waals surface area contributed by atoms with E-state index in [0.717, 1.165) is 12.1 Å². The molecule has 1 heterocycles. The summed E-state index contributed by atoms with van der Waals surface area (Å²) in [6.07, 6.45) is -4.97. The van der Waals surface area contributed by atoms with Crippen LogP contribution in [-0.2, 0) is 6.18 Å². The second-order valence-electron chi connectivity index (χ2n) is 3.90. The summed E-state index contributed by atoms with van der Waals surface area (Å²) in [6.45, 7) is 0. The van der Waals surface area contributed by atoms with E-state index in [4.69, 9.17) is 34.8 Å². The van der Waals surface area contributed by atoms with Crippen molar-refractivity contribution in [2.75, 3.05) is 0 Å². The number of alkyl halides is 3. The smallest absolute Gasteiger partial charge is 0.214 e. The predicted molar refractivity (Wildman–Crippen MR) is 69.6 cm³/mol. The summed E-state index contributed by atoms with van der Waals surface area (Å²) in [5.74, 6) is -3.11. The quantitative estimate of drug-likeness (QED) is 0.344. The van der Waals surface area contributed by atoms with Crippen LogP contribution in [0.4, 0.5) is 22.0 Å². The van der Waals surface area contributed by atoms with Gasteiger partial charge in [0.1, 0.15) is 5.82 Å². The van der Waals surface area contributed by atoms with Gasteiger partial charge in [0.2, 0.25) is 5.95 Å². The molecule has 2 rings (SSSR count). The van der Waals surface area contributed by atoms with E-state index in [2.05, 4.69) is 4.98 Å². The SMILES string of the molecule is Fc1cc(C(F)(F)F)nc(F)c1-c1cc(Cl)c(Cl)cc1Cl. The molecule has 0 aliphatic heterocycles. The number of aromatic nitrogens is 1. The second-order valence-corrected chi connectivity index (χ2v) is 5.12. The Hall–Kier alpha value is -1.11. The van der Waals surface area contributed by atoms with Crippen LogP contribution < -0.4 is 0 Å². The van der Waals surface area contributed by atoms with E-state index in [1.165, 1.54) is 0 Å². The highest BCUT2D eigenvalue weighted by atomic mass is 35.5. The van der Waals surface area contributed by atoms with Crippen LogP contribution in [0.15, 0.2) is 18.2 Å². The fraction of sp³-hybridized carbons (Fsp3) is 0.0833. The molecule has 0 saturated carbocycles. The third-order valence-corrected chi connectivity index (χ3v) is 3.53. The highest BCUT2D eigenvalue weighted by Gasteiger charge is 2.35. The molecular weight excluding hydrogens is 359 g/mol. The molecule has 0 saturated heterocycles. The van der Waals surface area contributed by atoms with E-state index in [1.807, 2.05) is 0 Å². The molecule has 9 heteroatoms. The summed E-state index contributed by atoms with van der Waals surface area (Å²) in [5.41, 5.74) is -2.74. The third-order valence-electron chi connectivity index (χ3n) is 2.50. The zero-order chi connectivity index (χ0) is 15.9. The van der Waals surface area contributed by atoms with Crippen LogP contribution in [0.1, 0.15) is 5.69 Å². The zero-order valence-corrected chi connectivity index (χ0v) is 12.0. The van der Waals surface area contributed by atoms with Crippen molar-refractivity contribution in [3.63, 3.8) is 0 Å². The van der Waals surface area contributed by atoms with Gasteiger partial charge >= 0.3 is 6.18 Å². The molecular formula is C12H3Cl3F5N. The van der Waals surface area contributed by atoms with Gasteiger partial charge < -0.3 is 0 Å². The fourth-order valence-electron chi connectivity index (χ4n) is 1.58. The van der Waals surface area contributed by atoms with Crippen LogP contribution in [-0.4, -0.2) is 4.98 Å². The maximum atomic E-state index is 13.8. The van der Waals surface area contributed by atoms with E-state index in [-0.39, 0.29) is 26.7 Å². The molecule has 112 valence electrons. The molecule has 2 aromatic rings. The number of rotatable bonds is 1. The molecule has 1 nitrogen and oxygen atoms in total. The molecule has 0 aliphatic rings. The van der Waals surface area contributed by atoms with E-state index >= 15 is 0 Å². The van der Waals surface area contributed by atoms with Crippen LogP contribution in [0, 0.1) is 11.8 Å². The Balaban J connectivity index is 2.69. The van der Waals surface area contributed by atoms with E-state index in [9.17, 15) is 22.0 Å². The molecule has 0 bridgehead atoms. The van der Waals surface area contributed by atoms with E-state index in [0.29, 0.717) is 0 Å². The van der Waals surface area contributed by atoms with Gasteiger partial charge in [0.15, 0.2) is 5.69 Å². The van der Waals surface area contributed by atoms with E-state index < -0.39 is 29.2 Å². The molecule has 0 N–H and O–H groups in total. The van der Waals surface area contributed by atoms with Crippen LogP contribution >= 0.6 is 34.8 Å². The largest absolute Gasteiger partial charge is 0.433 e. The van der Waals surface area contributed by atoms with Crippen LogP contribution in [0.3, 0.4) is 0 Å². The van der Waals surface area contributed by atoms with Crippen molar-refractivity contribution in [1.82, 2.24) is 4.98 Å². The molecule has 21 heavy (non-hydrogen) atoms. The lowest BCUT2D eigenvalue weighted by molar-refractivity contribution is -0.141. The summed E-state index contributed by atoms with van der Waals surface area (Å²) >= 11 is 17.2. The van der Waals surface area contributed by atoms with Crippen molar-refractivity contribution < 1.29 is 22.0 Å². The minimum Gasteiger partial charge on any atom is -0.214 e. The summed E-state index contributed by atoms with van der Waals surface area (Å²) < 4.78 is 64.8. The van der Waals surface area contributed by atoms with Crippen molar-refractivity contribution >= 4 is 34.8 Å². The first-order valence-corrected chi connectivity index (χ1v) is 6.33. The monoisotopic (exact) mass is 361 g/mol. The van der Waals surface area contributed by atoms with E-state index in [1.54, 1.807) is 0 Å². The zero-order valence-electron chi connectivity index (χ0n) is 9.70. The highest BCUT2D eigenvalue weighted by molar-refractivity contribution is 6.44. The molecule has 1 aromatic carbocycles. The van der Waals surface area contributed by atoms with Crippen molar-refractivity contribution in [3.05, 3.63) is 50.7 Å². The molecule has 1 aromatic heterocycles. The number of hydrogen-bond acceptors (Lipinski definition) is 1. The Labute approximate surface area is 130 Å². The standard InChI is InChI=1S/C12H3Cl3F5N/c13-5-2-7(15)6(14)1-4(5)10-8(16)3-9(12(18,19)20)21-11(10)17/h1-3H. The summed E-state index contributed by atoms with van der Waals surface area (Å²) in [7, 11) is 0. The first-order chi connectivity index (χ1) is 9.61. The summed E-state index contributed by atoms with van der Waals surface area (Å²) in [6, 6.07) is 2.25. The molecule has 0 aliphatic carbocycles. The number of benzene rings is 1. The van der Waals surface area contributed by atoms with Gasteiger partial charge in [-0.15, -0.1) is 0 Å². The summed E-state index contributed by atoms with van der Waals surface area (Å²) in [4.78, 5) is 2.71. The van der Waals surface area contributed by atoms with Gasteiger partial charge in [0, 0.05) is 11.6 Å². The Bertz CT molecular complexity index is 692. The first-order valence-electron chi connectivity index (χ1n) is 5.19. The normalized spacial score (nSPS) is 11.8. The Morgan fingerprint density at radius 2 is 1.43 bits per heavy atom. The highest BCUT2D eigenvalue weighted by Crippen LogP contribution is 2.38. The van der Waals surface area contributed by atoms with Crippen LogP contribution in [0.5, 0.6) is 0 Å². The fourth-order valence-corrected chi connectivity index (χ4v) is 2.23. The average molecular weight is 363 g/mol. The van der Waals surface area contributed by atoms with Gasteiger partial charge in [-0.25, -0.2) is 9.37 Å². The Kier molecular flexibility index (Phi) is 4.33. The molecule has 0 spiro atoms. The average Bonchev–Trinajstić information content (AvgIpc) is 2.33. The van der Waals surface area contributed by atoms with Crippen molar-refractivity contribution in [2.24, 2.45) is 0 Å². The molecule has 0 radical (unpaired) electrons. The predicted octanol–water partition coefficient (Wildman–Crippen LogP) is 6.01. The van der Waals surface area contributed by atoms with Gasteiger partial charge in [-0.2, -0.15) is 17.6 Å². The second kappa shape index (κ2) is 5.59. The van der Waals surface area contributed by atoms with Gasteiger partial charge in [0.25, 0.3) is 0 Å². The topological polar surface area (TPSA) is 12.9 Å². The molecule has 0 atom stereocenters. The maximum Gasteiger partial charge on any atom is 0.433 e.